The zero-order valence-corrected chi connectivity index (χ0v) is 9.37. The van der Waals surface area contributed by atoms with Gasteiger partial charge in [0.15, 0.2) is 0 Å². The molecule has 2 unspecified atom stereocenters. The normalized spacial score (nSPS) is 24.8. The van der Waals surface area contributed by atoms with E-state index in [0.717, 1.165) is 0 Å². The van der Waals surface area contributed by atoms with Crippen molar-refractivity contribution in [3.63, 3.8) is 0 Å². The summed E-state index contributed by atoms with van der Waals surface area (Å²) in [6.45, 7) is 0. The van der Waals surface area contributed by atoms with Gasteiger partial charge in [0.2, 0.25) is 0 Å². The Labute approximate surface area is 100 Å². The maximum absolute atomic E-state index is 12.8. The molecule has 100 valence electrons. The number of aromatic nitrogens is 4. The van der Waals surface area contributed by atoms with Crippen LogP contribution in [0.2, 0.25) is 0 Å². The maximum Gasteiger partial charge on any atom is 0.393 e. The Hall–Kier alpha value is -1.67. The summed E-state index contributed by atoms with van der Waals surface area (Å²) >= 11 is 0. The Morgan fingerprint density at radius 2 is 2.06 bits per heavy atom. The summed E-state index contributed by atoms with van der Waals surface area (Å²) in [5.74, 6) is -2.48. The van der Waals surface area contributed by atoms with Gasteiger partial charge in [-0.25, -0.2) is 0 Å². The second kappa shape index (κ2) is 4.91. The van der Waals surface area contributed by atoms with Crippen molar-refractivity contribution in [2.45, 2.75) is 37.9 Å². The summed E-state index contributed by atoms with van der Waals surface area (Å²) in [7, 11) is 0. The molecule has 1 aliphatic rings. The minimum absolute atomic E-state index is 0.0424. The average molecular weight is 263 g/mol. The number of alkyl halides is 3. The first-order chi connectivity index (χ1) is 8.48. The van der Waals surface area contributed by atoms with E-state index in [9.17, 15) is 18.0 Å². The van der Waals surface area contributed by atoms with Crippen LogP contribution < -0.4 is 5.32 Å². The van der Waals surface area contributed by atoms with Gasteiger partial charge < -0.3 is 5.32 Å². The molecule has 6 nitrogen and oxygen atoms in total. The molecule has 0 bridgehead atoms. The first kappa shape index (κ1) is 12.8. The summed E-state index contributed by atoms with van der Waals surface area (Å²) in [6.07, 6.45) is -2.74. The molecule has 0 spiro atoms. The van der Waals surface area contributed by atoms with Crippen molar-refractivity contribution in [1.29, 1.82) is 0 Å². The third kappa shape index (κ3) is 2.77. The zero-order chi connectivity index (χ0) is 13.2. The fraction of sp³-hybridized carbons (Fsp3) is 0.778. The molecule has 1 saturated carbocycles. The summed E-state index contributed by atoms with van der Waals surface area (Å²) in [4.78, 5) is 11.6. The predicted octanol–water partition coefficient (Wildman–Crippen LogP) is 1.05. The van der Waals surface area contributed by atoms with Gasteiger partial charge in [0, 0.05) is 6.04 Å². The molecular weight excluding hydrogens is 251 g/mol. The number of carbonyl (C=O) groups is 1. The van der Waals surface area contributed by atoms with Crippen LogP contribution in [-0.2, 0) is 0 Å². The summed E-state index contributed by atoms with van der Waals surface area (Å²) in [5.41, 5.74) is 0. The number of halogens is 3. The minimum Gasteiger partial charge on any atom is -0.346 e. The lowest BCUT2D eigenvalue weighted by Crippen LogP contribution is -2.47. The van der Waals surface area contributed by atoms with Crippen LogP contribution in [0.4, 0.5) is 13.2 Å². The molecular formula is C9H12F3N5O. The number of amides is 1. The number of H-pyrrole nitrogens is 1. The van der Waals surface area contributed by atoms with Crippen LogP contribution in [0.1, 0.15) is 36.3 Å². The number of nitrogens with one attached hydrogen (secondary N) is 2. The van der Waals surface area contributed by atoms with Gasteiger partial charge in [-0.2, -0.15) is 18.4 Å². The predicted molar refractivity (Wildman–Crippen MR) is 53.4 cm³/mol. The van der Waals surface area contributed by atoms with Crippen molar-refractivity contribution in [1.82, 2.24) is 25.9 Å². The van der Waals surface area contributed by atoms with Crippen molar-refractivity contribution in [2.75, 3.05) is 0 Å². The Bertz CT molecular complexity index is 405. The lowest BCUT2D eigenvalue weighted by atomic mass is 9.84. The fourth-order valence-corrected chi connectivity index (χ4v) is 2.19. The highest BCUT2D eigenvalue weighted by Gasteiger charge is 2.46. The van der Waals surface area contributed by atoms with Crippen molar-refractivity contribution in [2.24, 2.45) is 5.92 Å². The van der Waals surface area contributed by atoms with Crippen LogP contribution >= 0.6 is 0 Å². The first-order valence-electron chi connectivity index (χ1n) is 5.59. The molecule has 0 radical (unpaired) electrons. The van der Waals surface area contributed by atoms with E-state index in [2.05, 4.69) is 25.9 Å². The Morgan fingerprint density at radius 1 is 1.33 bits per heavy atom. The number of hydrogen-bond acceptors (Lipinski definition) is 4. The number of hydrogen-bond donors (Lipinski definition) is 2. The number of tetrazole rings is 1. The molecule has 1 amide bonds. The van der Waals surface area contributed by atoms with E-state index in [1.54, 1.807) is 0 Å². The van der Waals surface area contributed by atoms with E-state index in [4.69, 9.17) is 0 Å². The number of carbonyl (C=O) groups excluding carboxylic acids is 1. The van der Waals surface area contributed by atoms with E-state index < -0.39 is 24.0 Å². The molecule has 2 atom stereocenters. The molecule has 9 heteroatoms. The van der Waals surface area contributed by atoms with E-state index in [1.807, 2.05) is 0 Å². The van der Waals surface area contributed by atoms with E-state index in [1.165, 1.54) is 0 Å². The quantitative estimate of drug-likeness (QED) is 0.835. The highest BCUT2D eigenvalue weighted by molar-refractivity contribution is 5.90. The zero-order valence-electron chi connectivity index (χ0n) is 9.37. The smallest absolute Gasteiger partial charge is 0.346 e. The number of aromatic amines is 1. The molecule has 1 aromatic rings. The average Bonchev–Trinajstić information content (AvgIpc) is 2.81. The lowest BCUT2D eigenvalue weighted by molar-refractivity contribution is -0.187. The number of nitrogens with zero attached hydrogens (tertiary/aromatic N) is 3. The van der Waals surface area contributed by atoms with Crippen molar-refractivity contribution >= 4 is 5.91 Å². The van der Waals surface area contributed by atoms with Gasteiger partial charge in [-0.1, -0.05) is 12.8 Å². The van der Waals surface area contributed by atoms with Crippen molar-refractivity contribution in [3.05, 3.63) is 5.82 Å². The van der Waals surface area contributed by atoms with E-state index >= 15 is 0 Å². The SMILES string of the molecule is O=C(NC1CCCCC1C(F)(F)F)c1nn[nH]n1. The number of rotatable bonds is 2. The van der Waals surface area contributed by atoms with Crippen molar-refractivity contribution in [3.8, 4) is 0 Å². The van der Waals surface area contributed by atoms with E-state index in [0.29, 0.717) is 19.3 Å². The van der Waals surface area contributed by atoms with Gasteiger partial charge in [-0.3, -0.25) is 4.79 Å². The van der Waals surface area contributed by atoms with Gasteiger partial charge in [-0.15, -0.1) is 10.2 Å². The second-order valence-electron chi connectivity index (χ2n) is 4.25. The third-order valence-electron chi connectivity index (χ3n) is 3.05. The summed E-state index contributed by atoms with van der Waals surface area (Å²) < 4.78 is 38.3. The molecule has 2 rings (SSSR count). The van der Waals surface area contributed by atoms with Gasteiger partial charge in [-0.05, 0) is 18.1 Å². The molecule has 0 saturated heterocycles. The molecule has 1 heterocycles. The van der Waals surface area contributed by atoms with E-state index in [-0.39, 0.29) is 12.2 Å². The molecule has 0 aromatic carbocycles. The molecule has 1 fully saturated rings. The lowest BCUT2D eigenvalue weighted by Gasteiger charge is -2.33. The largest absolute Gasteiger partial charge is 0.393 e. The van der Waals surface area contributed by atoms with Gasteiger partial charge in [0.25, 0.3) is 11.7 Å². The Balaban J connectivity index is 2.04. The molecule has 1 aliphatic carbocycles. The standard InChI is InChI=1S/C9H12F3N5O/c10-9(11,12)5-3-1-2-4-6(5)13-8(18)7-14-16-17-15-7/h5-6H,1-4H2,(H,13,18)(H,14,15,16,17). The Morgan fingerprint density at radius 3 is 2.67 bits per heavy atom. The minimum atomic E-state index is -4.30. The van der Waals surface area contributed by atoms with Gasteiger partial charge in [0.05, 0.1) is 5.92 Å². The highest BCUT2D eigenvalue weighted by atomic mass is 19.4. The van der Waals surface area contributed by atoms with Crippen molar-refractivity contribution < 1.29 is 18.0 Å². The van der Waals surface area contributed by atoms with Crippen LogP contribution in [0.25, 0.3) is 0 Å². The third-order valence-corrected chi connectivity index (χ3v) is 3.05. The summed E-state index contributed by atoms with van der Waals surface area (Å²) in [6, 6.07) is -0.912. The second-order valence-corrected chi connectivity index (χ2v) is 4.25. The van der Waals surface area contributed by atoms with Crippen LogP contribution in [0.5, 0.6) is 0 Å². The first-order valence-corrected chi connectivity index (χ1v) is 5.59. The fourth-order valence-electron chi connectivity index (χ4n) is 2.19. The molecule has 18 heavy (non-hydrogen) atoms. The van der Waals surface area contributed by atoms with Crippen LogP contribution in [0, 0.1) is 5.92 Å². The molecule has 1 aromatic heterocycles. The Kier molecular flexibility index (Phi) is 3.48. The highest BCUT2D eigenvalue weighted by Crippen LogP contribution is 2.37. The van der Waals surface area contributed by atoms with Gasteiger partial charge in [0.1, 0.15) is 0 Å². The van der Waals surface area contributed by atoms with Crippen LogP contribution in [0.3, 0.4) is 0 Å². The topological polar surface area (TPSA) is 83.6 Å². The summed E-state index contributed by atoms with van der Waals surface area (Å²) in [5, 5.41) is 14.5. The monoisotopic (exact) mass is 263 g/mol. The van der Waals surface area contributed by atoms with Gasteiger partial charge >= 0.3 is 6.18 Å². The van der Waals surface area contributed by atoms with Crippen LogP contribution in [-0.4, -0.2) is 38.7 Å². The maximum atomic E-state index is 12.8. The van der Waals surface area contributed by atoms with Crippen LogP contribution in [0.15, 0.2) is 0 Å². The molecule has 0 aliphatic heterocycles. The molecule has 2 N–H and O–H groups in total.